The van der Waals surface area contributed by atoms with Crippen LogP contribution in [0.1, 0.15) is 56.6 Å². The van der Waals surface area contributed by atoms with Crippen LogP contribution in [0.2, 0.25) is 0 Å². The van der Waals surface area contributed by atoms with Crippen LogP contribution < -0.4 is 5.73 Å². The van der Waals surface area contributed by atoms with E-state index in [0.717, 1.165) is 22.4 Å². The molecule has 5 nitrogen and oxygen atoms in total. The lowest BCUT2D eigenvalue weighted by Gasteiger charge is -2.35. The van der Waals surface area contributed by atoms with E-state index in [2.05, 4.69) is 4.98 Å². The highest BCUT2D eigenvalue weighted by Crippen LogP contribution is 2.39. The summed E-state index contributed by atoms with van der Waals surface area (Å²) in [5, 5.41) is 0. The van der Waals surface area contributed by atoms with Gasteiger partial charge in [-0.1, -0.05) is 36.4 Å². The van der Waals surface area contributed by atoms with Crippen molar-refractivity contribution in [1.29, 1.82) is 0 Å². The molecule has 0 radical (unpaired) electrons. The quantitative estimate of drug-likeness (QED) is 0.508. The zero-order valence-electron chi connectivity index (χ0n) is 18.9. The van der Waals surface area contributed by atoms with Crippen molar-refractivity contribution in [2.45, 2.75) is 38.0 Å². The number of hydrogen-bond donors (Lipinski definition) is 1. The van der Waals surface area contributed by atoms with Crippen molar-refractivity contribution < 1.29 is 18.4 Å². The molecule has 2 N–H and O–H groups in total. The molecule has 3 heterocycles. The normalized spacial score (nSPS) is 15.8. The van der Waals surface area contributed by atoms with Crippen LogP contribution in [0, 0.1) is 12.8 Å². The van der Waals surface area contributed by atoms with Crippen molar-refractivity contribution in [2.24, 2.45) is 11.7 Å². The van der Waals surface area contributed by atoms with E-state index in [1.165, 1.54) is 40.6 Å². The maximum atomic E-state index is 14.7. The van der Waals surface area contributed by atoms with Gasteiger partial charge in [-0.15, -0.1) is 11.3 Å². The molecule has 3 aromatic rings. The monoisotopic (exact) mass is 483 g/mol. The van der Waals surface area contributed by atoms with E-state index in [4.69, 9.17) is 5.73 Å². The largest absolute Gasteiger partial charge is 0.366 e. The van der Waals surface area contributed by atoms with Gasteiger partial charge in [-0.3, -0.25) is 14.6 Å². The van der Waals surface area contributed by atoms with Crippen molar-refractivity contribution >= 4 is 23.2 Å². The van der Waals surface area contributed by atoms with Crippen LogP contribution in [-0.2, 0) is 10.7 Å². The van der Waals surface area contributed by atoms with Crippen molar-refractivity contribution in [3.05, 3.63) is 87.4 Å². The summed E-state index contributed by atoms with van der Waals surface area (Å²) in [5.41, 5.74) is 7.14. The van der Waals surface area contributed by atoms with Gasteiger partial charge in [0.15, 0.2) is 0 Å². The van der Waals surface area contributed by atoms with Gasteiger partial charge in [-0.2, -0.15) is 8.78 Å². The first-order valence-electron chi connectivity index (χ1n) is 11.3. The Morgan fingerprint density at radius 3 is 2.44 bits per heavy atom. The maximum Gasteiger partial charge on any atom is 0.366 e. The Hall–Kier alpha value is -3.13. The number of primary amides is 1. The number of amides is 2. The average Bonchev–Trinajstić information content (AvgIpc) is 3.25. The van der Waals surface area contributed by atoms with Crippen molar-refractivity contribution in [1.82, 2.24) is 9.88 Å². The van der Waals surface area contributed by atoms with E-state index in [-0.39, 0.29) is 24.9 Å². The second-order valence-corrected chi connectivity index (χ2v) is 9.99. The third-order valence-electron chi connectivity index (χ3n) is 6.41. The summed E-state index contributed by atoms with van der Waals surface area (Å²) in [6.45, 7) is 2.48. The molecule has 1 aromatic carbocycles. The lowest BCUT2D eigenvalue weighted by Crippen LogP contribution is -2.46. The van der Waals surface area contributed by atoms with Crippen LogP contribution in [0.15, 0.2) is 60.8 Å². The number of nitrogens with two attached hydrogens (primary N) is 1. The fraction of sp³-hybridized carbons (Fsp3) is 0.346. The highest BCUT2D eigenvalue weighted by Gasteiger charge is 2.46. The minimum atomic E-state index is -3.65. The molecule has 34 heavy (non-hydrogen) atoms. The smallest absolute Gasteiger partial charge is 0.365 e. The van der Waals surface area contributed by atoms with Crippen molar-refractivity contribution in [3.8, 4) is 0 Å². The van der Waals surface area contributed by atoms with E-state index in [0.29, 0.717) is 17.7 Å². The van der Waals surface area contributed by atoms with Crippen LogP contribution in [0.5, 0.6) is 0 Å². The Labute approximate surface area is 201 Å². The number of carbonyl (C=O) groups is 2. The Kier molecular flexibility index (Phi) is 7.07. The highest BCUT2D eigenvalue weighted by atomic mass is 32.1. The molecule has 178 valence electrons. The van der Waals surface area contributed by atoms with Gasteiger partial charge < -0.3 is 10.6 Å². The summed E-state index contributed by atoms with van der Waals surface area (Å²) in [5.74, 6) is -5.10. The minimum Gasteiger partial charge on any atom is -0.365 e. The van der Waals surface area contributed by atoms with E-state index in [1.807, 2.05) is 43.3 Å². The van der Waals surface area contributed by atoms with Crippen molar-refractivity contribution in [2.75, 3.05) is 13.1 Å². The number of piperidine rings is 1. The number of hydrogen-bond acceptors (Lipinski definition) is 4. The summed E-state index contributed by atoms with van der Waals surface area (Å²) in [4.78, 5) is 31.2. The number of likely N-dealkylation sites (tertiary alicyclic amines) is 1. The van der Waals surface area contributed by atoms with Crippen LogP contribution >= 0.6 is 11.3 Å². The topological polar surface area (TPSA) is 76.3 Å². The summed E-state index contributed by atoms with van der Waals surface area (Å²) in [7, 11) is 0. The molecular formula is C26H27F2N3O2S. The molecule has 1 atom stereocenters. The molecule has 0 aliphatic carbocycles. The first-order valence-corrected chi connectivity index (χ1v) is 12.1. The molecule has 1 aliphatic rings. The zero-order chi connectivity index (χ0) is 24.3. The SMILES string of the molecule is Cc1cc(C(CC2CCN(C(=O)C(F)(F)c3ccccn3)CC2)c2ccccc2)c(C(N)=O)s1. The predicted molar refractivity (Wildman–Crippen MR) is 128 cm³/mol. The molecule has 1 aliphatic heterocycles. The molecule has 1 saturated heterocycles. The van der Waals surface area contributed by atoms with Gasteiger partial charge in [0.1, 0.15) is 5.69 Å². The van der Waals surface area contributed by atoms with E-state index >= 15 is 0 Å². The van der Waals surface area contributed by atoms with Gasteiger partial charge in [0.05, 0.1) is 4.88 Å². The van der Waals surface area contributed by atoms with Gasteiger partial charge in [0.2, 0.25) is 0 Å². The number of thiophene rings is 1. The zero-order valence-corrected chi connectivity index (χ0v) is 19.7. The third kappa shape index (κ3) is 5.01. The van der Waals surface area contributed by atoms with Gasteiger partial charge in [-0.25, -0.2) is 0 Å². The van der Waals surface area contributed by atoms with Crippen LogP contribution in [0.3, 0.4) is 0 Å². The summed E-state index contributed by atoms with van der Waals surface area (Å²) in [6.07, 6.45) is 3.24. The number of carbonyl (C=O) groups excluding carboxylic acids is 2. The second-order valence-electron chi connectivity index (χ2n) is 8.73. The van der Waals surface area contributed by atoms with Crippen molar-refractivity contribution in [3.63, 3.8) is 0 Å². The minimum absolute atomic E-state index is 0.0316. The van der Waals surface area contributed by atoms with Crippen LogP contribution in [0.25, 0.3) is 0 Å². The molecule has 2 aromatic heterocycles. The highest BCUT2D eigenvalue weighted by molar-refractivity contribution is 7.14. The molecule has 1 unspecified atom stereocenters. The number of benzene rings is 1. The molecule has 0 bridgehead atoms. The van der Waals surface area contributed by atoms with E-state index in [9.17, 15) is 18.4 Å². The van der Waals surface area contributed by atoms with Crippen LogP contribution in [0.4, 0.5) is 8.78 Å². The van der Waals surface area contributed by atoms with Gasteiger partial charge in [-0.05, 0) is 61.4 Å². The van der Waals surface area contributed by atoms with E-state index in [1.54, 1.807) is 0 Å². The summed E-state index contributed by atoms with van der Waals surface area (Å²) < 4.78 is 29.4. The van der Waals surface area contributed by atoms with E-state index < -0.39 is 23.4 Å². The number of pyridine rings is 1. The fourth-order valence-corrected chi connectivity index (χ4v) is 5.60. The molecule has 0 saturated carbocycles. The van der Waals surface area contributed by atoms with Gasteiger partial charge in [0, 0.05) is 30.1 Å². The predicted octanol–water partition coefficient (Wildman–Crippen LogP) is 5.10. The first kappa shape index (κ1) is 24.0. The summed E-state index contributed by atoms with van der Waals surface area (Å²) >= 11 is 1.40. The molecule has 0 spiro atoms. The number of halogens is 2. The lowest BCUT2D eigenvalue weighted by molar-refractivity contribution is -0.161. The first-order chi connectivity index (χ1) is 16.3. The summed E-state index contributed by atoms with van der Waals surface area (Å²) in [6, 6.07) is 16.1. The maximum absolute atomic E-state index is 14.7. The number of aromatic nitrogens is 1. The molecule has 4 rings (SSSR count). The Balaban J connectivity index is 1.49. The number of rotatable bonds is 7. The second kappa shape index (κ2) is 10.0. The standard InChI is InChI=1S/C26H27F2N3O2S/c1-17-15-21(23(34-17)24(29)32)20(19-7-3-2-4-8-19)16-18-10-13-31(14-11-18)25(33)26(27,28)22-9-5-6-12-30-22/h2-9,12,15,18,20H,10-11,13-14,16H2,1H3,(H2,29,32). The van der Waals surface area contributed by atoms with Gasteiger partial charge in [0.25, 0.3) is 11.8 Å². The molecule has 1 fully saturated rings. The Bertz CT molecular complexity index is 1140. The average molecular weight is 484 g/mol. The van der Waals surface area contributed by atoms with Crippen LogP contribution in [-0.4, -0.2) is 34.8 Å². The Morgan fingerprint density at radius 1 is 1.15 bits per heavy atom. The third-order valence-corrected chi connectivity index (χ3v) is 7.49. The number of alkyl halides is 2. The molecule has 2 amide bonds. The Morgan fingerprint density at radius 2 is 1.82 bits per heavy atom. The lowest BCUT2D eigenvalue weighted by atomic mass is 9.80. The number of nitrogens with zero attached hydrogens (tertiary/aromatic N) is 2. The molecule has 8 heteroatoms. The molecular weight excluding hydrogens is 456 g/mol. The van der Waals surface area contributed by atoms with Gasteiger partial charge >= 0.3 is 5.92 Å². The fourth-order valence-electron chi connectivity index (χ4n) is 4.67. The number of aryl methyl sites for hydroxylation is 1.